The molecule has 13 heteroatoms. The molecule has 1 saturated heterocycles. The number of nitrogens with zero attached hydrogens (tertiary/aromatic N) is 3. The number of rotatable bonds is 6. The summed E-state index contributed by atoms with van der Waals surface area (Å²) in [6.07, 6.45) is 4.12. The van der Waals surface area contributed by atoms with Gasteiger partial charge in [0, 0.05) is 25.0 Å². The van der Waals surface area contributed by atoms with Crippen molar-refractivity contribution in [2.75, 3.05) is 23.7 Å². The zero-order valence-electron chi connectivity index (χ0n) is 24.6. The van der Waals surface area contributed by atoms with Crippen LogP contribution in [0.4, 0.5) is 16.3 Å². The minimum Gasteiger partial charge on any atom is -0.444 e. The van der Waals surface area contributed by atoms with Gasteiger partial charge >= 0.3 is 6.09 Å². The Morgan fingerprint density at radius 3 is 2.37 bits per heavy atom. The van der Waals surface area contributed by atoms with Gasteiger partial charge in [0.2, 0.25) is 0 Å². The van der Waals surface area contributed by atoms with Crippen LogP contribution in [0.25, 0.3) is 0 Å². The summed E-state index contributed by atoms with van der Waals surface area (Å²) in [5, 5.41) is 5.85. The average molecular weight is 628 g/mol. The van der Waals surface area contributed by atoms with E-state index in [0.29, 0.717) is 47.1 Å². The van der Waals surface area contributed by atoms with Crippen molar-refractivity contribution < 1.29 is 28.1 Å². The summed E-state index contributed by atoms with van der Waals surface area (Å²) in [5.74, 6) is -0.853. The Hall–Kier alpha value is -3.87. The standard InChI is InChI=1S/C30H34ClN5O6S/c1-17-6-9-21(25(26(17)43-40)41-20-12-14-36(15-13-20)29(39)42-30(3,4)5)27(37)34-22-10-7-18(2)33-24(22)28(38)35-23-11-8-19(31)16-32-23/h6-11,16,20,25H,12-15H2,1-5H3,(H,34,37)(H,32,35,38). The Labute approximate surface area is 258 Å². The number of carbonyl (C=O) groups excluding carboxylic acids is 3. The number of allylic oxidation sites excluding steroid dienone is 2. The summed E-state index contributed by atoms with van der Waals surface area (Å²) in [4.78, 5) is 49.7. The van der Waals surface area contributed by atoms with Crippen LogP contribution in [-0.4, -0.2) is 72.7 Å². The van der Waals surface area contributed by atoms with E-state index in [1.165, 1.54) is 6.20 Å². The molecule has 1 aliphatic carbocycles. The summed E-state index contributed by atoms with van der Waals surface area (Å²) in [6.45, 7) is 9.79. The second-order valence-electron chi connectivity index (χ2n) is 11.2. The normalized spacial score (nSPS) is 17.5. The van der Waals surface area contributed by atoms with Crippen LogP contribution in [0.1, 0.15) is 56.7 Å². The highest BCUT2D eigenvalue weighted by Gasteiger charge is 2.35. The van der Waals surface area contributed by atoms with E-state index < -0.39 is 23.5 Å². The third kappa shape index (κ3) is 8.37. The Bertz CT molecular complexity index is 1520. The average Bonchev–Trinajstić information content (AvgIpc) is 2.95. The van der Waals surface area contributed by atoms with E-state index in [2.05, 4.69) is 20.6 Å². The first kappa shape index (κ1) is 32.1. The minimum absolute atomic E-state index is 0.0115. The molecule has 2 aromatic heterocycles. The number of halogens is 1. The van der Waals surface area contributed by atoms with Gasteiger partial charge in [0.15, 0.2) is 5.69 Å². The molecule has 0 spiro atoms. The van der Waals surface area contributed by atoms with Gasteiger partial charge in [0.25, 0.3) is 11.8 Å². The van der Waals surface area contributed by atoms with Crippen molar-refractivity contribution in [2.24, 2.45) is 0 Å². The van der Waals surface area contributed by atoms with Crippen molar-refractivity contribution >= 4 is 57.1 Å². The number of amides is 3. The number of likely N-dealkylation sites (tertiary alicyclic amines) is 1. The molecule has 0 radical (unpaired) electrons. The zero-order chi connectivity index (χ0) is 31.3. The number of piperidine rings is 1. The van der Waals surface area contributed by atoms with Gasteiger partial charge in [-0.15, -0.1) is 0 Å². The van der Waals surface area contributed by atoms with Crippen molar-refractivity contribution in [1.29, 1.82) is 0 Å². The van der Waals surface area contributed by atoms with E-state index in [1.54, 1.807) is 55.2 Å². The number of nitrogens with one attached hydrogen (secondary N) is 2. The van der Waals surface area contributed by atoms with Gasteiger partial charge < -0.3 is 25.0 Å². The molecule has 0 bridgehead atoms. The van der Waals surface area contributed by atoms with E-state index in [9.17, 15) is 18.6 Å². The summed E-state index contributed by atoms with van der Waals surface area (Å²) >= 11 is 6.16. The van der Waals surface area contributed by atoms with Gasteiger partial charge in [0.05, 0.1) is 38.5 Å². The third-order valence-corrected chi connectivity index (χ3v) is 7.60. The van der Waals surface area contributed by atoms with E-state index in [0.717, 1.165) is 0 Å². The fourth-order valence-corrected chi connectivity index (χ4v) is 5.10. The van der Waals surface area contributed by atoms with Gasteiger partial charge in [-0.25, -0.2) is 19.0 Å². The van der Waals surface area contributed by atoms with E-state index in [-0.39, 0.29) is 46.2 Å². The number of aromatic nitrogens is 2. The molecule has 0 saturated carbocycles. The van der Waals surface area contributed by atoms with Gasteiger partial charge in [-0.1, -0.05) is 23.8 Å². The molecule has 1 atom stereocenters. The fraction of sp³-hybridized carbons (Fsp3) is 0.400. The van der Waals surface area contributed by atoms with Crippen molar-refractivity contribution in [2.45, 2.75) is 65.3 Å². The van der Waals surface area contributed by atoms with Crippen LogP contribution >= 0.6 is 11.6 Å². The van der Waals surface area contributed by atoms with Crippen LogP contribution in [0.3, 0.4) is 0 Å². The molecule has 1 aliphatic heterocycles. The summed E-state index contributed by atoms with van der Waals surface area (Å²) < 4.78 is 24.0. The molecule has 4 rings (SSSR count). The highest BCUT2D eigenvalue weighted by molar-refractivity contribution is 7.67. The Morgan fingerprint density at radius 2 is 1.74 bits per heavy atom. The van der Waals surface area contributed by atoms with Crippen molar-refractivity contribution in [3.05, 3.63) is 70.2 Å². The van der Waals surface area contributed by atoms with Crippen LogP contribution < -0.4 is 10.6 Å². The SMILES string of the molecule is CC1=CC=C(C(=O)Nc2ccc(C)nc2C(=O)Nc2ccc(Cl)cn2)C(OC2CCN(C(=O)OC(C)(C)C)CC2)C1=S=O. The number of pyridine rings is 2. The van der Waals surface area contributed by atoms with Crippen molar-refractivity contribution in [3.63, 3.8) is 0 Å². The van der Waals surface area contributed by atoms with E-state index >= 15 is 0 Å². The molecule has 0 aromatic carbocycles. The second kappa shape index (κ2) is 13.6. The van der Waals surface area contributed by atoms with Crippen LogP contribution in [0, 0.1) is 6.92 Å². The summed E-state index contributed by atoms with van der Waals surface area (Å²) in [6, 6.07) is 6.40. The van der Waals surface area contributed by atoms with E-state index in [4.69, 9.17) is 21.1 Å². The first-order chi connectivity index (χ1) is 20.3. The molecule has 1 fully saturated rings. The first-order valence-corrected chi connectivity index (χ1v) is 14.9. The number of hydrogen-bond donors (Lipinski definition) is 2. The molecule has 3 heterocycles. The third-order valence-electron chi connectivity index (χ3n) is 6.66. The number of carbonyl (C=O) groups is 3. The number of aryl methyl sites for hydroxylation is 1. The highest BCUT2D eigenvalue weighted by atomic mass is 35.5. The van der Waals surface area contributed by atoms with Gasteiger partial charge in [-0.3, -0.25) is 9.59 Å². The smallest absolute Gasteiger partial charge is 0.410 e. The molecule has 2 aliphatic rings. The Kier molecular flexibility index (Phi) is 10.2. The molecular formula is C30H34ClN5O6S. The quantitative estimate of drug-likeness (QED) is 0.440. The molecule has 2 aromatic rings. The van der Waals surface area contributed by atoms with Crippen molar-refractivity contribution in [3.8, 4) is 0 Å². The maximum atomic E-state index is 13.6. The zero-order valence-corrected chi connectivity index (χ0v) is 26.2. The lowest BCUT2D eigenvalue weighted by molar-refractivity contribution is -0.114. The summed E-state index contributed by atoms with van der Waals surface area (Å²) in [5.41, 5.74) is 1.04. The van der Waals surface area contributed by atoms with Crippen LogP contribution in [0.5, 0.6) is 0 Å². The van der Waals surface area contributed by atoms with E-state index in [1.807, 2.05) is 20.8 Å². The Balaban J connectivity index is 1.50. The maximum Gasteiger partial charge on any atom is 0.410 e. The predicted octanol–water partition coefficient (Wildman–Crippen LogP) is 4.69. The van der Waals surface area contributed by atoms with Gasteiger partial charge in [0.1, 0.15) is 17.5 Å². The monoisotopic (exact) mass is 627 g/mol. The fourth-order valence-electron chi connectivity index (χ4n) is 4.52. The number of hydrogen-bond acceptors (Lipinski definition) is 8. The molecule has 228 valence electrons. The highest BCUT2D eigenvalue weighted by Crippen LogP contribution is 2.27. The molecule has 2 N–H and O–H groups in total. The minimum atomic E-state index is -0.917. The largest absolute Gasteiger partial charge is 0.444 e. The Morgan fingerprint density at radius 1 is 1.02 bits per heavy atom. The molecular weight excluding hydrogens is 594 g/mol. The first-order valence-electron chi connectivity index (χ1n) is 13.8. The van der Waals surface area contributed by atoms with Crippen LogP contribution in [0.15, 0.2) is 53.8 Å². The lowest BCUT2D eigenvalue weighted by Gasteiger charge is -2.35. The maximum absolute atomic E-state index is 13.6. The van der Waals surface area contributed by atoms with Crippen molar-refractivity contribution in [1.82, 2.24) is 14.9 Å². The summed E-state index contributed by atoms with van der Waals surface area (Å²) in [7, 11) is 0. The molecule has 1 unspecified atom stereocenters. The van der Waals surface area contributed by atoms with Crippen LogP contribution in [-0.2, 0) is 25.5 Å². The number of anilines is 2. The lowest BCUT2D eigenvalue weighted by atomic mass is 9.94. The second-order valence-corrected chi connectivity index (χ2v) is 12.3. The lowest BCUT2D eigenvalue weighted by Crippen LogP contribution is -2.45. The molecule has 43 heavy (non-hydrogen) atoms. The molecule has 11 nitrogen and oxygen atoms in total. The van der Waals surface area contributed by atoms with Gasteiger partial charge in [-0.2, -0.15) is 0 Å². The van der Waals surface area contributed by atoms with Crippen LogP contribution in [0.2, 0.25) is 5.02 Å². The topological polar surface area (TPSA) is 140 Å². The van der Waals surface area contributed by atoms with Gasteiger partial charge in [-0.05, 0) is 77.3 Å². The number of ether oxygens (including phenoxy) is 2. The molecule has 3 amide bonds. The predicted molar refractivity (Wildman–Crippen MR) is 165 cm³/mol.